The minimum Gasteiger partial charge on any atom is -0.378 e. The van der Waals surface area contributed by atoms with E-state index in [-0.39, 0.29) is 6.04 Å². The first-order chi connectivity index (χ1) is 15.7. The molecule has 5 rings (SSSR count). The maximum atomic E-state index is 5.58. The molecule has 10 heteroatoms. The minimum absolute atomic E-state index is 0.279. The molecular formula is C22H30N8OS. The molecule has 0 saturated carbocycles. The number of morpholine rings is 1. The molecule has 5 heterocycles. The molecule has 0 bridgehead atoms. The second-order valence-electron chi connectivity index (χ2n) is 8.52. The number of piperazine rings is 1. The lowest BCUT2D eigenvalue weighted by Crippen LogP contribution is -2.42. The summed E-state index contributed by atoms with van der Waals surface area (Å²) >= 11 is 1.77. The predicted octanol–water partition coefficient (Wildman–Crippen LogP) is 2.21. The highest BCUT2D eigenvalue weighted by atomic mass is 32.1. The summed E-state index contributed by atoms with van der Waals surface area (Å²) in [4.78, 5) is 26.0. The first-order valence-electron chi connectivity index (χ1n) is 11.3. The highest BCUT2D eigenvalue weighted by molar-refractivity contribution is 7.18. The Morgan fingerprint density at radius 2 is 1.84 bits per heavy atom. The third-order valence-corrected chi connectivity index (χ3v) is 6.66. The molecule has 0 aliphatic carbocycles. The number of hydrogen-bond acceptors (Lipinski definition) is 10. The van der Waals surface area contributed by atoms with Crippen LogP contribution in [0.2, 0.25) is 0 Å². The molecule has 3 aromatic rings. The van der Waals surface area contributed by atoms with Gasteiger partial charge >= 0.3 is 0 Å². The van der Waals surface area contributed by atoms with Crippen LogP contribution in [0.4, 0.5) is 11.8 Å². The average molecular weight is 455 g/mol. The van der Waals surface area contributed by atoms with Gasteiger partial charge in [0.15, 0.2) is 5.82 Å². The monoisotopic (exact) mass is 454 g/mol. The Bertz CT molecular complexity index is 1040. The number of nitrogens with one attached hydrogen (secondary N) is 2. The van der Waals surface area contributed by atoms with Gasteiger partial charge in [-0.3, -0.25) is 4.90 Å². The molecule has 2 aliphatic heterocycles. The molecule has 0 spiro atoms. The van der Waals surface area contributed by atoms with Crippen molar-refractivity contribution >= 4 is 33.3 Å². The molecule has 2 fully saturated rings. The highest BCUT2D eigenvalue weighted by Crippen LogP contribution is 2.34. The van der Waals surface area contributed by atoms with Crippen molar-refractivity contribution in [3.8, 4) is 11.4 Å². The van der Waals surface area contributed by atoms with Gasteiger partial charge in [0.1, 0.15) is 10.6 Å². The summed E-state index contributed by atoms with van der Waals surface area (Å²) in [6, 6.07) is 2.56. The van der Waals surface area contributed by atoms with E-state index in [4.69, 9.17) is 14.7 Å². The van der Waals surface area contributed by atoms with Crippen molar-refractivity contribution in [3.05, 3.63) is 23.3 Å². The Morgan fingerprint density at radius 1 is 1.09 bits per heavy atom. The fraction of sp³-hybridized carbons (Fsp3) is 0.545. The van der Waals surface area contributed by atoms with Crippen LogP contribution in [0.1, 0.15) is 18.7 Å². The summed E-state index contributed by atoms with van der Waals surface area (Å²) in [6.07, 6.45) is 3.61. The number of ether oxygens (including phenoxy) is 1. The largest absolute Gasteiger partial charge is 0.378 e. The molecule has 0 unspecified atom stereocenters. The second kappa shape index (κ2) is 9.62. The van der Waals surface area contributed by atoms with Gasteiger partial charge < -0.3 is 20.3 Å². The van der Waals surface area contributed by atoms with Crippen LogP contribution in [0.5, 0.6) is 0 Å². The predicted molar refractivity (Wildman–Crippen MR) is 128 cm³/mol. The van der Waals surface area contributed by atoms with Crippen molar-refractivity contribution in [1.82, 2.24) is 30.2 Å². The summed E-state index contributed by atoms with van der Waals surface area (Å²) in [7, 11) is 0. The Labute approximate surface area is 192 Å². The van der Waals surface area contributed by atoms with Crippen molar-refractivity contribution in [2.45, 2.75) is 26.4 Å². The first kappa shape index (κ1) is 21.4. The first-order valence-corrected chi connectivity index (χ1v) is 12.1. The lowest BCUT2D eigenvalue weighted by atomic mass is 10.2. The molecule has 2 N–H and O–H groups in total. The standard InChI is InChI=1S/C22H30N8OS/c1-15(2)26-22-24-12-16(13-25-22)19-27-20(30-7-9-31-10-8-30)18-11-17(32-21(18)28-19)14-29-5-3-23-4-6-29/h11-13,15,23H,3-10,14H2,1-2H3,(H,24,25,26). The van der Waals surface area contributed by atoms with E-state index >= 15 is 0 Å². The van der Waals surface area contributed by atoms with Gasteiger partial charge in [-0.1, -0.05) is 0 Å². The van der Waals surface area contributed by atoms with Crippen LogP contribution in [0, 0.1) is 0 Å². The van der Waals surface area contributed by atoms with Gasteiger partial charge in [0.25, 0.3) is 0 Å². The lowest BCUT2D eigenvalue weighted by Gasteiger charge is -2.28. The van der Waals surface area contributed by atoms with E-state index in [0.717, 1.165) is 80.6 Å². The van der Waals surface area contributed by atoms with Crippen molar-refractivity contribution < 1.29 is 4.74 Å². The van der Waals surface area contributed by atoms with Gasteiger partial charge in [-0.2, -0.15) is 0 Å². The molecule has 0 amide bonds. The summed E-state index contributed by atoms with van der Waals surface area (Å²) in [5.74, 6) is 2.28. The van der Waals surface area contributed by atoms with Crippen molar-refractivity contribution in [2.75, 3.05) is 62.7 Å². The molecule has 0 aromatic carbocycles. The number of hydrogen-bond donors (Lipinski definition) is 2. The molecular weight excluding hydrogens is 424 g/mol. The summed E-state index contributed by atoms with van der Waals surface area (Å²) < 4.78 is 5.58. The molecule has 2 aliphatic rings. The van der Waals surface area contributed by atoms with Crippen molar-refractivity contribution in [1.29, 1.82) is 0 Å². The van der Waals surface area contributed by atoms with Crippen molar-refractivity contribution in [3.63, 3.8) is 0 Å². The molecule has 0 radical (unpaired) electrons. The zero-order valence-corrected chi connectivity index (χ0v) is 19.5. The van der Waals surface area contributed by atoms with Gasteiger partial charge in [0.2, 0.25) is 5.95 Å². The maximum Gasteiger partial charge on any atom is 0.222 e. The molecule has 0 atom stereocenters. The average Bonchev–Trinajstić information content (AvgIpc) is 3.22. The Kier molecular flexibility index (Phi) is 6.44. The maximum absolute atomic E-state index is 5.58. The minimum atomic E-state index is 0.279. The number of aromatic nitrogens is 4. The quantitative estimate of drug-likeness (QED) is 0.582. The van der Waals surface area contributed by atoms with Crippen LogP contribution in [-0.2, 0) is 11.3 Å². The molecule has 170 valence electrons. The van der Waals surface area contributed by atoms with E-state index in [1.165, 1.54) is 4.88 Å². The molecule has 3 aromatic heterocycles. The van der Waals surface area contributed by atoms with Crippen molar-refractivity contribution in [2.24, 2.45) is 0 Å². The van der Waals surface area contributed by atoms with E-state index < -0.39 is 0 Å². The molecule has 9 nitrogen and oxygen atoms in total. The lowest BCUT2D eigenvalue weighted by molar-refractivity contribution is 0.122. The van der Waals surface area contributed by atoms with Gasteiger partial charge in [-0.15, -0.1) is 11.3 Å². The van der Waals surface area contributed by atoms with E-state index in [9.17, 15) is 0 Å². The number of rotatable bonds is 6. The van der Waals surface area contributed by atoms with Gasteiger partial charge in [0.05, 0.1) is 24.2 Å². The SMILES string of the molecule is CC(C)Nc1ncc(-c2nc(N3CCOCC3)c3cc(CN4CCNCC4)sc3n2)cn1. The van der Waals surface area contributed by atoms with Crippen LogP contribution < -0.4 is 15.5 Å². The Balaban J connectivity index is 1.50. The van der Waals surface area contributed by atoms with Gasteiger partial charge in [-0.25, -0.2) is 19.9 Å². The Hall–Kier alpha value is -2.40. The summed E-state index contributed by atoms with van der Waals surface area (Å²) in [6.45, 7) is 12.5. The normalized spacial score (nSPS) is 17.9. The van der Waals surface area contributed by atoms with E-state index in [1.54, 1.807) is 23.7 Å². The highest BCUT2D eigenvalue weighted by Gasteiger charge is 2.21. The van der Waals surface area contributed by atoms with E-state index in [0.29, 0.717) is 11.8 Å². The number of fused-ring (bicyclic) bond motifs is 1. The van der Waals surface area contributed by atoms with Crippen LogP contribution >= 0.6 is 11.3 Å². The van der Waals surface area contributed by atoms with Crippen LogP contribution in [0.3, 0.4) is 0 Å². The van der Waals surface area contributed by atoms with Gasteiger partial charge in [0, 0.05) is 69.1 Å². The smallest absolute Gasteiger partial charge is 0.222 e. The number of nitrogens with zero attached hydrogens (tertiary/aromatic N) is 6. The fourth-order valence-corrected chi connectivity index (χ4v) is 5.11. The number of thiophene rings is 1. The zero-order chi connectivity index (χ0) is 21.9. The third-order valence-electron chi connectivity index (χ3n) is 5.65. The van der Waals surface area contributed by atoms with E-state index in [2.05, 4.69) is 50.3 Å². The van der Waals surface area contributed by atoms with Crippen LogP contribution in [-0.4, -0.2) is 83.4 Å². The van der Waals surface area contributed by atoms with Crippen LogP contribution in [0.25, 0.3) is 21.6 Å². The molecule has 32 heavy (non-hydrogen) atoms. The van der Waals surface area contributed by atoms with E-state index in [1.807, 2.05) is 0 Å². The zero-order valence-electron chi connectivity index (χ0n) is 18.7. The fourth-order valence-electron chi connectivity index (χ4n) is 4.05. The van der Waals surface area contributed by atoms with Crippen LogP contribution in [0.15, 0.2) is 18.5 Å². The second-order valence-corrected chi connectivity index (χ2v) is 9.64. The summed E-state index contributed by atoms with van der Waals surface area (Å²) in [5, 5.41) is 7.78. The molecule has 2 saturated heterocycles. The number of anilines is 2. The third kappa shape index (κ3) is 4.83. The van der Waals surface area contributed by atoms with Gasteiger partial charge in [-0.05, 0) is 19.9 Å². The summed E-state index contributed by atoms with van der Waals surface area (Å²) in [5.41, 5.74) is 0.827. The topological polar surface area (TPSA) is 91.3 Å². The Morgan fingerprint density at radius 3 is 2.56 bits per heavy atom.